The van der Waals surface area contributed by atoms with Gasteiger partial charge in [-0.1, -0.05) is 34.6 Å². The number of carbonyl (C=O) groups is 1. The molecule has 2 rings (SSSR count). The maximum absolute atomic E-state index is 12.4. The van der Waals surface area contributed by atoms with Gasteiger partial charge in [0.25, 0.3) is 5.91 Å². The van der Waals surface area contributed by atoms with Crippen molar-refractivity contribution in [2.75, 3.05) is 0 Å². The van der Waals surface area contributed by atoms with Gasteiger partial charge in [0.2, 0.25) is 0 Å². The van der Waals surface area contributed by atoms with Crippen LogP contribution in [-0.4, -0.2) is 21.2 Å². The standard InChI is InChI=1S/C17H29N3O/c1-6-13(7-2)20-11-8-14(19-20)15(21)18-17(9-10-17)12-16(3,4)5/h8,11,13H,6-7,9-10,12H2,1-5H3,(H,18,21). The number of nitrogens with zero attached hydrogens (tertiary/aromatic N) is 2. The Balaban J connectivity index is 2.01. The maximum Gasteiger partial charge on any atom is 0.272 e. The molecule has 4 nitrogen and oxygen atoms in total. The summed E-state index contributed by atoms with van der Waals surface area (Å²) in [7, 11) is 0. The normalized spacial score (nSPS) is 17.0. The molecule has 0 unspecified atom stereocenters. The lowest BCUT2D eigenvalue weighted by Crippen LogP contribution is -2.39. The van der Waals surface area contributed by atoms with Gasteiger partial charge in [0.05, 0.1) is 6.04 Å². The SMILES string of the molecule is CCC(CC)n1ccc(C(=O)NC2(CC(C)(C)C)CC2)n1. The number of rotatable bonds is 6. The third-order valence-electron chi connectivity index (χ3n) is 4.26. The molecule has 1 aliphatic carbocycles. The quantitative estimate of drug-likeness (QED) is 0.863. The summed E-state index contributed by atoms with van der Waals surface area (Å²) in [5, 5.41) is 7.68. The Morgan fingerprint density at radius 3 is 2.48 bits per heavy atom. The molecule has 118 valence electrons. The fourth-order valence-electron chi connectivity index (χ4n) is 3.14. The van der Waals surface area contributed by atoms with E-state index in [9.17, 15) is 4.79 Å². The molecule has 0 bridgehead atoms. The highest BCUT2D eigenvalue weighted by molar-refractivity contribution is 5.92. The van der Waals surface area contributed by atoms with Crippen molar-refractivity contribution in [3.05, 3.63) is 18.0 Å². The van der Waals surface area contributed by atoms with Gasteiger partial charge in [-0.25, -0.2) is 0 Å². The van der Waals surface area contributed by atoms with E-state index in [0.717, 1.165) is 32.1 Å². The molecular weight excluding hydrogens is 262 g/mol. The lowest BCUT2D eigenvalue weighted by molar-refractivity contribution is 0.0912. The van der Waals surface area contributed by atoms with Gasteiger partial charge in [-0.15, -0.1) is 0 Å². The molecule has 0 spiro atoms. The van der Waals surface area contributed by atoms with Crippen LogP contribution in [0.15, 0.2) is 12.3 Å². The number of hydrogen-bond acceptors (Lipinski definition) is 2. The molecule has 1 aliphatic rings. The summed E-state index contributed by atoms with van der Waals surface area (Å²) in [6.45, 7) is 11.0. The predicted octanol–water partition coefficient (Wildman–Crippen LogP) is 3.94. The topological polar surface area (TPSA) is 46.9 Å². The second kappa shape index (κ2) is 5.82. The summed E-state index contributed by atoms with van der Waals surface area (Å²) in [6, 6.07) is 2.22. The van der Waals surface area contributed by atoms with Crippen LogP contribution in [0.5, 0.6) is 0 Å². The molecule has 4 heteroatoms. The Morgan fingerprint density at radius 2 is 2.00 bits per heavy atom. The number of nitrogens with one attached hydrogen (secondary N) is 1. The summed E-state index contributed by atoms with van der Waals surface area (Å²) >= 11 is 0. The molecule has 1 saturated carbocycles. The van der Waals surface area contributed by atoms with Crippen LogP contribution in [0.3, 0.4) is 0 Å². The molecule has 0 aromatic carbocycles. The Morgan fingerprint density at radius 1 is 1.38 bits per heavy atom. The van der Waals surface area contributed by atoms with Crippen molar-refractivity contribution in [3.63, 3.8) is 0 Å². The van der Waals surface area contributed by atoms with Gasteiger partial charge in [0, 0.05) is 11.7 Å². The first-order chi connectivity index (χ1) is 9.78. The van der Waals surface area contributed by atoms with E-state index in [1.54, 1.807) is 0 Å². The summed E-state index contributed by atoms with van der Waals surface area (Å²) in [5.74, 6) is -0.0264. The highest BCUT2D eigenvalue weighted by Gasteiger charge is 2.46. The second-order valence-electron chi connectivity index (χ2n) is 7.62. The van der Waals surface area contributed by atoms with Crippen LogP contribution in [0, 0.1) is 5.41 Å². The maximum atomic E-state index is 12.4. The lowest BCUT2D eigenvalue weighted by Gasteiger charge is -2.26. The second-order valence-corrected chi connectivity index (χ2v) is 7.62. The van der Waals surface area contributed by atoms with Crippen molar-refractivity contribution >= 4 is 5.91 Å². The molecule has 0 atom stereocenters. The van der Waals surface area contributed by atoms with Crippen LogP contribution in [0.4, 0.5) is 0 Å². The molecule has 0 saturated heterocycles. The van der Waals surface area contributed by atoms with Crippen LogP contribution in [0.1, 0.15) is 83.3 Å². The Hall–Kier alpha value is -1.32. The zero-order valence-electron chi connectivity index (χ0n) is 14.1. The largest absolute Gasteiger partial charge is 0.345 e. The first kappa shape index (κ1) is 16.1. The summed E-state index contributed by atoms with van der Waals surface area (Å²) in [5.41, 5.74) is 0.786. The smallest absolute Gasteiger partial charge is 0.272 e. The zero-order chi connectivity index (χ0) is 15.7. The van der Waals surface area contributed by atoms with Gasteiger partial charge in [-0.3, -0.25) is 9.48 Å². The molecule has 1 aromatic rings. The number of hydrogen-bond donors (Lipinski definition) is 1. The Bertz CT molecular complexity index is 490. The third kappa shape index (κ3) is 4.08. The van der Waals surface area contributed by atoms with Crippen LogP contribution in [0.25, 0.3) is 0 Å². The highest BCUT2D eigenvalue weighted by atomic mass is 16.2. The van der Waals surface area contributed by atoms with Crippen molar-refractivity contribution in [2.45, 2.75) is 78.3 Å². The lowest BCUT2D eigenvalue weighted by atomic mass is 9.86. The van der Waals surface area contributed by atoms with E-state index < -0.39 is 0 Å². The number of aromatic nitrogens is 2. The third-order valence-corrected chi connectivity index (χ3v) is 4.26. The highest BCUT2D eigenvalue weighted by Crippen LogP contribution is 2.44. The minimum Gasteiger partial charge on any atom is -0.345 e. The molecule has 21 heavy (non-hydrogen) atoms. The van der Waals surface area contributed by atoms with Gasteiger partial charge in [0.15, 0.2) is 0 Å². The van der Waals surface area contributed by atoms with E-state index in [1.165, 1.54) is 0 Å². The van der Waals surface area contributed by atoms with Gasteiger partial charge < -0.3 is 5.32 Å². The van der Waals surface area contributed by atoms with Crippen molar-refractivity contribution in [2.24, 2.45) is 5.41 Å². The fourth-order valence-corrected chi connectivity index (χ4v) is 3.14. The first-order valence-corrected chi connectivity index (χ1v) is 8.16. The minimum atomic E-state index is -0.0264. The van der Waals surface area contributed by atoms with Gasteiger partial charge in [0.1, 0.15) is 5.69 Å². The molecule has 1 amide bonds. The van der Waals surface area contributed by atoms with Gasteiger partial charge in [-0.2, -0.15) is 5.10 Å². The molecular formula is C17H29N3O. The monoisotopic (exact) mass is 291 g/mol. The van der Waals surface area contributed by atoms with Crippen LogP contribution in [0.2, 0.25) is 0 Å². The van der Waals surface area contributed by atoms with E-state index >= 15 is 0 Å². The van der Waals surface area contributed by atoms with E-state index in [0.29, 0.717) is 11.7 Å². The van der Waals surface area contributed by atoms with Crippen molar-refractivity contribution < 1.29 is 4.79 Å². The summed E-state index contributed by atoms with van der Waals surface area (Å²) in [4.78, 5) is 12.4. The minimum absolute atomic E-state index is 0.00796. The first-order valence-electron chi connectivity index (χ1n) is 8.16. The number of amides is 1. The Kier molecular flexibility index (Phi) is 4.45. The van der Waals surface area contributed by atoms with Gasteiger partial charge >= 0.3 is 0 Å². The van der Waals surface area contributed by atoms with Crippen molar-refractivity contribution in [3.8, 4) is 0 Å². The summed E-state index contributed by atoms with van der Waals surface area (Å²) < 4.78 is 1.93. The Labute approximate surface area is 128 Å². The van der Waals surface area contributed by atoms with Crippen molar-refractivity contribution in [1.29, 1.82) is 0 Å². The van der Waals surface area contributed by atoms with E-state index in [4.69, 9.17) is 0 Å². The number of carbonyl (C=O) groups excluding carboxylic acids is 1. The van der Waals surface area contributed by atoms with E-state index in [1.807, 2.05) is 16.9 Å². The summed E-state index contributed by atoms with van der Waals surface area (Å²) in [6.07, 6.45) is 7.20. The molecule has 1 N–H and O–H groups in total. The average molecular weight is 291 g/mol. The van der Waals surface area contributed by atoms with Crippen LogP contribution in [-0.2, 0) is 0 Å². The molecule has 1 fully saturated rings. The fraction of sp³-hybridized carbons (Fsp3) is 0.765. The zero-order valence-corrected chi connectivity index (χ0v) is 14.1. The van der Waals surface area contributed by atoms with E-state index in [-0.39, 0.29) is 16.9 Å². The van der Waals surface area contributed by atoms with Crippen LogP contribution < -0.4 is 5.32 Å². The van der Waals surface area contributed by atoms with Gasteiger partial charge in [-0.05, 0) is 43.6 Å². The predicted molar refractivity (Wildman–Crippen MR) is 85.3 cm³/mol. The van der Waals surface area contributed by atoms with Crippen LogP contribution >= 0.6 is 0 Å². The molecule has 0 radical (unpaired) electrons. The average Bonchev–Trinajstić information content (AvgIpc) is 2.93. The van der Waals surface area contributed by atoms with E-state index in [2.05, 4.69) is 45.0 Å². The molecule has 1 heterocycles. The molecule has 1 aromatic heterocycles. The molecule has 0 aliphatic heterocycles. The van der Waals surface area contributed by atoms with Crippen molar-refractivity contribution in [1.82, 2.24) is 15.1 Å².